The minimum absolute atomic E-state index is 0.473. The van der Waals surface area contributed by atoms with Gasteiger partial charge in [-0.05, 0) is 37.9 Å². The molecule has 0 atom stereocenters. The second kappa shape index (κ2) is 7.87. The molecule has 146 valence electrons. The van der Waals surface area contributed by atoms with Gasteiger partial charge in [0.1, 0.15) is 11.6 Å². The first-order chi connectivity index (χ1) is 13.9. The van der Waals surface area contributed by atoms with Gasteiger partial charge in [0.05, 0.1) is 17.3 Å². The fraction of sp³-hybridized carbons (Fsp3) is 0.500. The van der Waals surface area contributed by atoms with Crippen molar-refractivity contribution in [2.75, 3.05) is 31.1 Å². The number of rotatable bonds is 3. The number of benzene rings is 1. The van der Waals surface area contributed by atoms with Crippen LogP contribution in [-0.4, -0.2) is 45.9 Å². The van der Waals surface area contributed by atoms with Crippen LogP contribution in [0.15, 0.2) is 36.5 Å². The van der Waals surface area contributed by atoms with E-state index >= 15 is 0 Å². The normalized spacial score (nSPS) is 19.1. The fourth-order valence-corrected chi connectivity index (χ4v) is 4.51. The second-order valence-electron chi connectivity index (χ2n) is 7.96. The summed E-state index contributed by atoms with van der Waals surface area (Å²) < 4.78 is 1.98. The summed E-state index contributed by atoms with van der Waals surface area (Å²) in [6, 6.07) is 10.3. The third-order valence-electron chi connectivity index (χ3n) is 6.04. The molecule has 0 unspecified atom stereocenters. The molecule has 3 heterocycles. The lowest BCUT2D eigenvalue weighted by molar-refractivity contribution is 0.429. The highest BCUT2D eigenvalue weighted by Gasteiger charge is 2.24. The van der Waals surface area contributed by atoms with Gasteiger partial charge in [-0.15, -0.1) is 0 Å². The Morgan fingerprint density at radius 3 is 2.61 bits per heavy atom. The average Bonchev–Trinajstić information content (AvgIpc) is 3.00. The van der Waals surface area contributed by atoms with E-state index in [1.54, 1.807) is 0 Å². The zero-order valence-electron chi connectivity index (χ0n) is 16.3. The van der Waals surface area contributed by atoms with Crippen LogP contribution in [0.4, 0.5) is 5.82 Å². The average molecular weight is 377 g/mol. The van der Waals surface area contributed by atoms with Crippen LogP contribution in [0.1, 0.15) is 50.3 Å². The van der Waals surface area contributed by atoms with E-state index in [-0.39, 0.29) is 0 Å². The Bertz CT molecular complexity index is 921. The van der Waals surface area contributed by atoms with Gasteiger partial charge in [0.15, 0.2) is 5.65 Å². The molecule has 1 saturated heterocycles. The first kappa shape index (κ1) is 17.6. The van der Waals surface area contributed by atoms with Crippen molar-refractivity contribution in [3.63, 3.8) is 0 Å². The largest absolute Gasteiger partial charge is 0.355 e. The lowest BCUT2D eigenvalue weighted by Gasteiger charge is -2.25. The molecule has 3 aromatic rings. The van der Waals surface area contributed by atoms with Crippen LogP contribution in [-0.2, 0) is 0 Å². The van der Waals surface area contributed by atoms with Crippen LogP contribution in [0.5, 0.6) is 0 Å². The Hall–Kier alpha value is -2.47. The molecule has 5 rings (SSSR count). The van der Waals surface area contributed by atoms with Crippen molar-refractivity contribution >= 4 is 16.9 Å². The van der Waals surface area contributed by atoms with E-state index in [2.05, 4.69) is 22.3 Å². The summed E-state index contributed by atoms with van der Waals surface area (Å²) in [6.07, 6.45) is 9.39. The standard InChI is InChI=1S/C22H28N6/c1-3-8-17(9-4-1)20-25-21(27-14-7-12-23-13-15-27)19-16-24-28(22(19)26-20)18-10-5-2-6-11-18/h2,5-6,10-11,16-17,23H,1,3-4,7-9,12-15H2. The molecule has 1 aromatic carbocycles. The molecule has 1 aliphatic carbocycles. The third kappa shape index (κ3) is 3.37. The summed E-state index contributed by atoms with van der Waals surface area (Å²) in [5.74, 6) is 2.55. The molecular weight excluding hydrogens is 348 g/mol. The Morgan fingerprint density at radius 1 is 0.893 bits per heavy atom. The molecule has 28 heavy (non-hydrogen) atoms. The number of aromatic nitrogens is 4. The first-order valence-corrected chi connectivity index (χ1v) is 10.7. The predicted octanol–water partition coefficient (Wildman–Crippen LogP) is 3.66. The quantitative estimate of drug-likeness (QED) is 0.756. The van der Waals surface area contributed by atoms with Gasteiger partial charge in [-0.3, -0.25) is 0 Å². The zero-order valence-corrected chi connectivity index (χ0v) is 16.3. The van der Waals surface area contributed by atoms with Crippen molar-refractivity contribution < 1.29 is 0 Å². The molecule has 0 spiro atoms. The SMILES string of the molecule is c1ccc(-n2ncc3c(N4CCCNCC4)nc(C4CCCCC4)nc32)cc1. The Morgan fingerprint density at radius 2 is 1.75 bits per heavy atom. The molecule has 0 bridgehead atoms. The molecule has 2 aromatic heterocycles. The molecule has 2 aliphatic rings. The van der Waals surface area contributed by atoms with Crippen LogP contribution >= 0.6 is 0 Å². The van der Waals surface area contributed by atoms with E-state index in [1.807, 2.05) is 29.1 Å². The van der Waals surface area contributed by atoms with Crippen LogP contribution in [0, 0.1) is 0 Å². The Labute approximate surface area is 166 Å². The molecule has 1 saturated carbocycles. The van der Waals surface area contributed by atoms with Crippen molar-refractivity contribution in [1.82, 2.24) is 25.1 Å². The van der Waals surface area contributed by atoms with Crippen molar-refractivity contribution in [2.24, 2.45) is 0 Å². The Kier molecular flexibility index (Phi) is 4.95. The van der Waals surface area contributed by atoms with Crippen LogP contribution < -0.4 is 10.2 Å². The number of hydrogen-bond donors (Lipinski definition) is 1. The molecule has 0 amide bonds. The predicted molar refractivity (Wildman–Crippen MR) is 112 cm³/mol. The third-order valence-corrected chi connectivity index (χ3v) is 6.04. The summed E-state index contributed by atoms with van der Waals surface area (Å²) in [6.45, 7) is 4.08. The van der Waals surface area contributed by atoms with Crippen molar-refractivity contribution in [3.05, 3.63) is 42.4 Å². The van der Waals surface area contributed by atoms with Crippen LogP contribution in [0.3, 0.4) is 0 Å². The Balaban J connectivity index is 1.65. The van der Waals surface area contributed by atoms with Gasteiger partial charge in [0, 0.05) is 25.6 Å². The number of nitrogens with one attached hydrogen (secondary N) is 1. The van der Waals surface area contributed by atoms with Crippen molar-refractivity contribution in [3.8, 4) is 5.69 Å². The number of para-hydroxylation sites is 1. The molecular formula is C22H28N6. The molecule has 1 N–H and O–H groups in total. The van der Waals surface area contributed by atoms with Gasteiger partial charge in [-0.25, -0.2) is 14.6 Å². The highest BCUT2D eigenvalue weighted by Crippen LogP contribution is 2.34. The number of hydrogen-bond acceptors (Lipinski definition) is 5. The van der Waals surface area contributed by atoms with Gasteiger partial charge in [0.25, 0.3) is 0 Å². The van der Waals surface area contributed by atoms with Gasteiger partial charge in [0.2, 0.25) is 0 Å². The molecule has 2 fully saturated rings. The second-order valence-corrected chi connectivity index (χ2v) is 7.96. The van der Waals surface area contributed by atoms with Crippen LogP contribution in [0.25, 0.3) is 16.7 Å². The highest BCUT2D eigenvalue weighted by molar-refractivity contribution is 5.88. The van der Waals surface area contributed by atoms with E-state index in [9.17, 15) is 0 Å². The van der Waals surface area contributed by atoms with E-state index < -0.39 is 0 Å². The monoisotopic (exact) mass is 376 g/mol. The maximum atomic E-state index is 5.13. The van der Waals surface area contributed by atoms with Gasteiger partial charge in [-0.1, -0.05) is 37.5 Å². The topological polar surface area (TPSA) is 58.9 Å². The van der Waals surface area contributed by atoms with Gasteiger partial charge in [-0.2, -0.15) is 5.10 Å². The molecule has 0 radical (unpaired) electrons. The zero-order chi connectivity index (χ0) is 18.8. The highest BCUT2D eigenvalue weighted by atomic mass is 15.3. The summed E-state index contributed by atoms with van der Waals surface area (Å²) in [7, 11) is 0. The summed E-state index contributed by atoms with van der Waals surface area (Å²) in [4.78, 5) is 12.6. The minimum atomic E-state index is 0.473. The summed E-state index contributed by atoms with van der Waals surface area (Å²) >= 11 is 0. The van der Waals surface area contributed by atoms with Gasteiger partial charge >= 0.3 is 0 Å². The van der Waals surface area contributed by atoms with E-state index in [0.29, 0.717) is 5.92 Å². The summed E-state index contributed by atoms with van der Waals surface area (Å²) in [5, 5.41) is 9.26. The first-order valence-electron chi connectivity index (χ1n) is 10.7. The smallest absolute Gasteiger partial charge is 0.168 e. The fourth-order valence-electron chi connectivity index (χ4n) is 4.51. The van der Waals surface area contributed by atoms with E-state index in [0.717, 1.165) is 61.0 Å². The number of fused-ring (bicyclic) bond motifs is 1. The number of anilines is 1. The van der Waals surface area contributed by atoms with Gasteiger partial charge < -0.3 is 10.2 Å². The maximum Gasteiger partial charge on any atom is 0.168 e. The van der Waals surface area contributed by atoms with E-state index in [1.165, 1.54) is 32.1 Å². The maximum absolute atomic E-state index is 5.13. The molecule has 6 heteroatoms. The minimum Gasteiger partial charge on any atom is -0.355 e. The molecule has 6 nitrogen and oxygen atoms in total. The van der Waals surface area contributed by atoms with E-state index in [4.69, 9.17) is 15.1 Å². The molecule has 1 aliphatic heterocycles. The van der Waals surface area contributed by atoms with Crippen molar-refractivity contribution in [2.45, 2.75) is 44.4 Å². The van der Waals surface area contributed by atoms with Crippen molar-refractivity contribution in [1.29, 1.82) is 0 Å². The van der Waals surface area contributed by atoms with Crippen LogP contribution in [0.2, 0.25) is 0 Å². The lowest BCUT2D eigenvalue weighted by atomic mass is 9.88. The summed E-state index contributed by atoms with van der Waals surface area (Å²) in [5.41, 5.74) is 1.99. The lowest BCUT2D eigenvalue weighted by Crippen LogP contribution is -2.29. The number of nitrogens with zero attached hydrogens (tertiary/aromatic N) is 5.